The number of guanidine groups is 1. The highest BCUT2D eigenvalue weighted by Crippen LogP contribution is 2.30. The molecule has 0 spiro atoms. The zero-order chi connectivity index (χ0) is 20.9. The minimum absolute atomic E-state index is 0. The van der Waals surface area contributed by atoms with Gasteiger partial charge in [-0.1, -0.05) is 0 Å². The summed E-state index contributed by atoms with van der Waals surface area (Å²) < 4.78 is 61.2. The normalized spacial score (nSPS) is 17.1. The number of halogens is 4. The van der Waals surface area contributed by atoms with E-state index in [4.69, 9.17) is 0 Å². The molecule has 0 unspecified atom stereocenters. The molecule has 1 aliphatic rings. The van der Waals surface area contributed by atoms with Crippen LogP contribution in [0.5, 0.6) is 0 Å². The SMILES string of the molecule is CN=C(NCCc1sc(C)nc1C)NCC1CCN(S(=O)(=O)C(F)(F)F)CC1.I. The number of nitrogens with zero attached hydrogens (tertiary/aromatic N) is 3. The Labute approximate surface area is 190 Å². The number of piperidine rings is 1. The Morgan fingerprint density at radius 1 is 1.28 bits per heavy atom. The van der Waals surface area contributed by atoms with Crippen molar-refractivity contribution in [3.63, 3.8) is 0 Å². The van der Waals surface area contributed by atoms with E-state index >= 15 is 0 Å². The van der Waals surface area contributed by atoms with Gasteiger partial charge in [0, 0.05) is 44.5 Å². The second-order valence-corrected chi connectivity index (χ2v) is 9.88. The molecule has 0 atom stereocenters. The number of alkyl halides is 3. The van der Waals surface area contributed by atoms with Crippen LogP contribution in [0.2, 0.25) is 0 Å². The molecule has 0 bridgehead atoms. The first-order valence-electron chi connectivity index (χ1n) is 8.98. The summed E-state index contributed by atoms with van der Waals surface area (Å²) in [6.45, 7) is 4.93. The number of hydrogen-bond donors (Lipinski definition) is 2. The Morgan fingerprint density at radius 2 is 1.90 bits per heavy atom. The van der Waals surface area contributed by atoms with Crippen LogP contribution in [0.3, 0.4) is 0 Å². The monoisotopic (exact) mass is 569 g/mol. The molecular weight excluding hydrogens is 542 g/mol. The first-order valence-corrected chi connectivity index (χ1v) is 11.2. The Balaban J connectivity index is 0.00000420. The van der Waals surface area contributed by atoms with E-state index in [1.54, 1.807) is 18.4 Å². The van der Waals surface area contributed by atoms with Gasteiger partial charge in [-0.25, -0.2) is 13.4 Å². The Kier molecular flexibility index (Phi) is 10.1. The van der Waals surface area contributed by atoms with Gasteiger partial charge in [-0.05, 0) is 32.6 Å². The average Bonchev–Trinajstić information content (AvgIpc) is 2.94. The largest absolute Gasteiger partial charge is 0.511 e. The van der Waals surface area contributed by atoms with E-state index < -0.39 is 15.5 Å². The Bertz CT molecular complexity index is 791. The average molecular weight is 569 g/mol. The lowest BCUT2D eigenvalue weighted by molar-refractivity contribution is -0.0496. The third kappa shape index (κ3) is 7.21. The van der Waals surface area contributed by atoms with Gasteiger partial charge < -0.3 is 10.6 Å². The van der Waals surface area contributed by atoms with Gasteiger partial charge in [-0.15, -0.1) is 35.3 Å². The lowest BCUT2D eigenvalue weighted by atomic mass is 9.98. The molecule has 2 N–H and O–H groups in total. The number of hydrogen-bond acceptors (Lipinski definition) is 5. The first kappa shape index (κ1) is 26.4. The quantitative estimate of drug-likeness (QED) is 0.313. The van der Waals surface area contributed by atoms with E-state index in [0.29, 0.717) is 36.2 Å². The van der Waals surface area contributed by atoms with Gasteiger partial charge in [0.15, 0.2) is 5.96 Å². The summed E-state index contributed by atoms with van der Waals surface area (Å²) in [5, 5.41) is 7.41. The van der Waals surface area contributed by atoms with Gasteiger partial charge in [-0.3, -0.25) is 4.99 Å². The molecule has 0 radical (unpaired) electrons. The van der Waals surface area contributed by atoms with Crippen LogP contribution in [0.15, 0.2) is 4.99 Å². The van der Waals surface area contributed by atoms with Crippen molar-refractivity contribution in [2.24, 2.45) is 10.9 Å². The number of thiazole rings is 1. The fraction of sp³-hybridized carbons (Fsp3) is 0.750. The molecule has 0 amide bonds. The van der Waals surface area contributed by atoms with Gasteiger partial charge in [0.1, 0.15) is 0 Å². The number of sulfonamides is 1. The summed E-state index contributed by atoms with van der Waals surface area (Å²) in [6.07, 6.45) is 1.57. The zero-order valence-corrected chi connectivity index (χ0v) is 20.5. The summed E-state index contributed by atoms with van der Waals surface area (Å²) in [5.41, 5.74) is -4.20. The molecular formula is C16H27F3IN5O2S2. The van der Waals surface area contributed by atoms with Gasteiger partial charge >= 0.3 is 15.5 Å². The van der Waals surface area contributed by atoms with Crippen molar-refractivity contribution in [2.75, 3.05) is 33.2 Å². The maximum absolute atomic E-state index is 12.6. The van der Waals surface area contributed by atoms with Crippen molar-refractivity contribution >= 4 is 51.3 Å². The number of aryl methyl sites for hydroxylation is 2. The van der Waals surface area contributed by atoms with Crippen molar-refractivity contribution in [2.45, 2.75) is 38.6 Å². The third-order valence-electron chi connectivity index (χ3n) is 4.63. The lowest BCUT2D eigenvalue weighted by Crippen LogP contribution is -2.47. The topological polar surface area (TPSA) is 86.7 Å². The molecule has 1 aliphatic heterocycles. The minimum atomic E-state index is -5.24. The van der Waals surface area contributed by atoms with Crippen LogP contribution < -0.4 is 10.6 Å². The van der Waals surface area contributed by atoms with Crippen LogP contribution in [0.25, 0.3) is 0 Å². The number of aliphatic imine (C=N–C) groups is 1. The third-order valence-corrected chi connectivity index (χ3v) is 7.39. The van der Waals surface area contributed by atoms with Gasteiger partial charge in [0.05, 0.1) is 10.7 Å². The smallest absolute Gasteiger partial charge is 0.356 e. The maximum atomic E-state index is 12.6. The van der Waals surface area contributed by atoms with Crippen molar-refractivity contribution in [3.8, 4) is 0 Å². The second kappa shape index (κ2) is 11.1. The standard InChI is InChI=1S/C16H26F3N5O2S2.HI/c1-11-14(27-12(2)23-11)4-7-21-15(20-3)22-10-13-5-8-24(9-6-13)28(25,26)16(17,18)19;/h13H,4-10H2,1-3H3,(H2,20,21,22);1H. The summed E-state index contributed by atoms with van der Waals surface area (Å²) in [4.78, 5) is 9.76. The molecule has 0 saturated carbocycles. The summed E-state index contributed by atoms with van der Waals surface area (Å²) in [6, 6.07) is 0. The predicted molar refractivity (Wildman–Crippen MR) is 119 cm³/mol. The maximum Gasteiger partial charge on any atom is 0.511 e. The van der Waals surface area contributed by atoms with Crippen LogP contribution in [0.4, 0.5) is 13.2 Å². The predicted octanol–water partition coefficient (Wildman–Crippen LogP) is 2.65. The van der Waals surface area contributed by atoms with E-state index in [2.05, 4.69) is 20.6 Å². The minimum Gasteiger partial charge on any atom is -0.356 e. The molecule has 7 nitrogen and oxygen atoms in total. The number of nitrogens with one attached hydrogen (secondary N) is 2. The molecule has 2 rings (SSSR count). The highest BCUT2D eigenvalue weighted by Gasteiger charge is 2.50. The van der Waals surface area contributed by atoms with Crippen molar-refractivity contribution in [3.05, 3.63) is 15.6 Å². The fourth-order valence-corrected chi connectivity index (χ4v) is 4.98. The van der Waals surface area contributed by atoms with Crippen molar-refractivity contribution in [1.82, 2.24) is 19.9 Å². The Hall–Kier alpha value is -0.670. The lowest BCUT2D eigenvalue weighted by Gasteiger charge is -2.31. The van der Waals surface area contributed by atoms with Crippen LogP contribution in [-0.4, -0.2) is 62.4 Å². The van der Waals surface area contributed by atoms with Crippen LogP contribution in [0.1, 0.15) is 28.4 Å². The summed E-state index contributed by atoms with van der Waals surface area (Å²) in [5.74, 6) is 0.703. The van der Waals surface area contributed by atoms with E-state index in [9.17, 15) is 21.6 Å². The zero-order valence-electron chi connectivity index (χ0n) is 16.5. The molecule has 168 valence electrons. The molecule has 2 heterocycles. The second-order valence-electron chi connectivity index (χ2n) is 6.66. The number of aromatic nitrogens is 1. The van der Waals surface area contributed by atoms with E-state index in [1.165, 1.54) is 4.88 Å². The van der Waals surface area contributed by atoms with Crippen LogP contribution in [-0.2, 0) is 16.4 Å². The number of rotatable bonds is 6. The van der Waals surface area contributed by atoms with Crippen LogP contribution >= 0.6 is 35.3 Å². The van der Waals surface area contributed by atoms with Gasteiger partial charge in [-0.2, -0.15) is 17.5 Å². The molecule has 13 heteroatoms. The van der Waals surface area contributed by atoms with E-state index in [-0.39, 0.29) is 43.0 Å². The molecule has 1 fully saturated rings. The van der Waals surface area contributed by atoms with Crippen molar-refractivity contribution in [1.29, 1.82) is 0 Å². The Morgan fingerprint density at radius 3 is 2.38 bits per heavy atom. The highest BCUT2D eigenvalue weighted by atomic mass is 127. The first-order chi connectivity index (χ1) is 13.0. The summed E-state index contributed by atoms with van der Waals surface area (Å²) in [7, 11) is -3.58. The molecule has 1 aromatic rings. The molecule has 0 aromatic carbocycles. The highest BCUT2D eigenvalue weighted by molar-refractivity contribution is 14.0. The molecule has 1 saturated heterocycles. The van der Waals surface area contributed by atoms with E-state index in [0.717, 1.165) is 17.1 Å². The molecule has 29 heavy (non-hydrogen) atoms. The summed E-state index contributed by atoms with van der Waals surface area (Å²) >= 11 is 1.67. The van der Waals surface area contributed by atoms with Gasteiger partial charge in [0.2, 0.25) is 0 Å². The van der Waals surface area contributed by atoms with Crippen LogP contribution in [0, 0.1) is 19.8 Å². The van der Waals surface area contributed by atoms with Gasteiger partial charge in [0.25, 0.3) is 0 Å². The van der Waals surface area contributed by atoms with E-state index in [1.807, 2.05) is 13.8 Å². The van der Waals surface area contributed by atoms with Crippen molar-refractivity contribution < 1.29 is 21.6 Å². The fourth-order valence-electron chi connectivity index (χ4n) is 3.06. The molecule has 1 aromatic heterocycles. The molecule has 0 aliphatic carbocycles.